The molecule has 2 heterocycles. The van der Waals surface area contributed by atoms with Crippen molar-refractivity contribution < 1.29 is 9.15 Å². The summed E-state index contributed by atoms with van der Waals surface area (Å²) >= 11 is 0. The first-order valence-corrected chi connectivity index (χ1v) is 6.66. The predicted molar refractivity (Wildman–Crippen MR) is 73.1 cm³/mol. The third kappa shape index (κ3) is 2.49. The molecule has 0 saturated carbocycles. The highest BCUT2D eigenvalue weighted by Gasteiger charge is 2.16. The van der Waals surface area contributed by atoms with Crippen LogP contribution in [0.2, 0.25) is 0 Å². The standard InChI is InChI=1S/C15H18N2O2/c1-10(2)16-8-13-15(19-9-17-13)12-3-4-14-11(7-12)5-6-18-14/h3-4,7,9-10,16H,5-6,8H2,1-2H3. The maximum Gasteiger partial charge on any atom is 0.181 e. The summed E-state index contributed by atoms with van der Waals surface area (Å²) in [5.74, 6) is 1.84. The van der Waals surface area contributed by atoms with Gasteiger partial charge in [0.1, 0.15) is 11.4 Å². The van der Waals surface area contributed by atoms with Gasteiger partial charge in [0.2, 0.25) is 0 Å². The molecule has 100 valence electrons. The zero-order chi connectivity index (χ0) is 13.2. The van der Waals surface area contributed by atoms with Crippen LogP contribution in [0, 0.1) is 0 Å². The Morgan fingerprint density at radius 1 is 1.37 bits per heavy atom. The lowest BCUT2D eigenvalue weighted by Crippen LogP contribution is -2.22. The highest BCUT2D eigenvalue weighted by molar-refractivity contribution is 5.63. The molecule has 1 aliphatic heterocycles. The van der Waals surface area contributed by atoms with Gasteiger partial charge in [0.05, 0.1) is 6.61 Å². The molecule has 0 amide bonds. The van der Waals surface area contributed by atoms with E-state index in [1.807, 2.05) is 12.1 Å². The van der Waals surface area contributed by atoms with Gasteiger partial charge in [-0.1, -0.05) is 13.8 Å². The van der Waals surface area contributed by atoms with Crippen LogP contribution in [0.3, 0.4) is 0 Å². The normalized spacial score (nSPS) is 13.6. The molecule has 1 aromatic carbocycles. The van der Waals surface area contributed by atoms with Crippen LogP contribution in [-0.4, -0.2) is 17.6 Å². The molecule has 1 aromatic heterocycles. The Labute approximate surface area is 112 Å². The van der Waals surface area contributed by atoms with Gasteiger partial charge in [-0.05, 0) is 23.8 Å². The van der Waals surface area contributed by atoms with Crippen LogP contribution in [0.5, 0.6) is 5.75 Å². The van der Waals surface area contributed by atoms with E-state index in [2.05, 4.69) is 30.2 Å². The molecule has 0 fully saturated rings. The molecule has 1 N–H and O–H groups in total. The van der Waals surface area contributed by atoms with Gasteiger partial charge in [0.25, 0.3) is 0 Å². The van der Waals surface area contributed by atoms with Crippen molar-refractivity contribution in [1.29, 1.82) is 0 Å². The number of oxazole rings is 1. The Bertz CT molecular complexity index is 575. The van der Waals surface area contributed by atoms with E-state index in [9.17, 15) is 0 Å². The Hall–Kier alpha value is -1.81. The zero-order valence-electron chi connectivity index (χ0n) is 11.3. The average Bonchev–Trinajstić information content (AvgIpc) is 3.04. The molecule has 0 spiro atoms. The summed E-state index contributed by atoms with van der Waals surface area (Å²) in [4.78, 5) is 4.30. The first-order valence-electron chi connectivity index (χ1n) is 6.66. The molecule has 1 aliphatic rings. The van der Waals surface area contributed by atoms with Gasteiger partial charge >= 0.3 is 0 Å². The Balaban J connectivity index is 1.88. The summed E-state index contributed by atoms with van der Waals surface area (Å²) in [7, 11) is 0. The van der Waals surface area contributed by atoms with Gasteiger partial charge < -0.3 is 14.5 Å². The number of nitrogens with zero attached hydrogens (tertiary/aromatic N) is 1. The number of hydrogen-bond acceptors (Lipinski definition) is 4. The highest BCUT2D eigenvalue weighted by atomic mass is 16.5. The van der Waals surface area contributed by atoms with E-state index in [-0.39, 0.29) is 0 Å². The molecule has 4 heteroatoms. The van der Waals surface area contributed by atoms with Crippen molar-refractivity contribution in [3.8, 4) is 17.1 Å². The van der Waals surface area contributed by atoms with E-state index in [0.29, 0.717) is 6.04 Å². The largest absolute Gasteiger partial charge is 0.493 e. The molecule has 0 bridgehead atoms. The number of ether oxygens (including phenoxy) is 1. The predicted octanol–water partition coefficient (Wildman–Crippen LogP) is 2.77. The maximum atomic E-state index is 5.55. The quantitative estimate of drug-likeness (QED) is 0.916. The third-order valence-electron chi connectivity index (χ3n) is 3.27. The van der Waals surface area contributed by atoms with Crippen LogP contribution >= 0.6 is 0 Å². The Kier molecular flexibility index (Phi) is 3.25. The number of rotatable bonds is 4. The lowest BCUT2D eigenvalue weighted by Gasteiger charge is -2.07. The summed E-state index contributed by atoms with van der Waals surface area (Å²) in [6.07, 6.45) is 2.48. The van der Waals surface area contributed by atoms with Crippen molar-refractivity contribution in [2.45, 2.75) is 32.9 Å². The molecule has 0 aliphatic carbocycles. The minimum Gasteiger partial charge on any atom is -0.493 e. The van der Waals surface area contributed by atoms with Crippen LogP contribution in [0.4, 0.5) is 0 Å². The topological polar surface area (TPSA) is 47.3 Å². The second-order valence-corrected chi connectivity index (χ2v) is 5.08. The smallest absolute Gasteiger partial charge is 0.181 e. The first-order chi connectivity index (χ1) is 9.24. The monoisotopic (exact) mass is 258 g/mol. The molecule has 2 aromatic rings. The number of benzene rings is 1. The van der Waals surface area contributed by atoms with Crippen molar-refractivity contribution in [1.82, 2.24) is 10.3 Å². The van der Waals surface area contributed by atoms with Gasteiger partial charge in [-0.2, -0.15) is 0 Å². The fraction of sp³-hybridized carbons (Fsp3) is 0.400. The molecule has 19 heavy (non-hydrogen) atoms. The fourth-order valence-corrected chi connectivity index (χ4v) is 2.26. The number of nitrogens with one attached hydrogen (secondary N) is 1. The maximum absolute atomic E-state index is 5.55. The van der Waals surface area contributed by atoms with Crippen LogP contribution in [0.1, 0.15) is 25.1 Å². The van der Waals surface area contributed by atoms with Gasteiger partial charge in [-0.15, -0.1) is 0 Å². The zero-order valence-corrected chi connectivity index (χ0v) is 11.3. The van der Waals surface area contributed by atoms with E-state index >= 15 is 0 Å². The number of aromatic nitrogens is 1. The molecule has 4 nitrogen and oxygen atoms in total. The molecule has 0 atom stereocenters. The van der Waals surface area contributed by atoms with Gasteiger partial charge in [0, 0.05) is 24.6 Å². The van der Waals surface area contributed by atoms with E-state index in [1.54, 1.807) is 0 Å². The molecule has 0 unspecified atom stereocenters. The minimum absolute atomic E-state index is 0.429. The fourth-order valence-electron chi connectivity index (χ4n) is 2.26. The SMILES string of the molecule is CC(C)NCc1ncoc1-c1ccc2c(c1)CCO2. The minimum atomic E-state index is 0.429. The van der Waals surface area contributed by atoms with Gasteiger partial charge in [-0.3, -0.25) is 0 Å². The lowest BCUT2D eigenvalue weighted by atomic mass is 10.1. The molecule has 0 radical (unpaired) electrons. The molecular formula is C15H18N2O2. The Morgan fingerprint density at radius 2 is 2.26 bits per heavy atom. The van der Waals surface area contributed by atoms with Crippen molar-refractivity contribution in [3.63, 3.8) is 0 Å². The second-order valence-electron chi connectivity index (χ2n) is 5.08. The summed E-state index contributed by atoms with van der Waals surface area (Å²) in [5.41, 5.74) is 3.27. The van der Waals surface area contributed by atoms with E-state index in [0.717, 1.165) is 42.3 Å². The first kappa shape index (κ1) is 12.2. The van der Waals surface area contributed by atoms with Crippen LogP contribution in [0.15, 0.2) is 29.0 Å². The van der Waals surface area contributed by atoms with E-state index in [1.165, 1.54) is 12.0 Å². The van der Waals surface area contributed by atoms with Crippen molar-refractivity contribution in [3.05, 3.63) is 35.9 Å². The summed E-state index contributed by atoms with van der Waals surface area (Å²) in [5, 5.41) is 3.36. The third-order valence-corrected chi connectivity index (χ3v) is 3.27. The molecule has 0 saturated heterocycles. The summed E-state index contributed by atoms with van der Waals surface area (Å²) < 4.78 is 11.1. The molecule has 3 rings (SSSR count). The Morgan fingerprint density at radius 3 is 3.11 bits per heavy atom. The van der Waals surface area contributed by atoms with Crippen molar-refractivity contribution in [2.24, 2.45) is 0 Å². The van der Waals surface area contributed by atoms with Crippen LogP contribution in [-0.2, 0) is 13.0 Å². The van der Waals surface area contributed by atoms with Crippen molar-refractivity contribution >= 4 is 0 Å². The number of hydrogen-bond donors (Lipinski definition) is 1. The second kappa shape index (κ2) is 5.05. The number of fused-ring (bicyclic) bond motifs is 1. The average molecular weight is 258 g/mol. The lowest BCUT2D eigenvalue weighted by molar-refractivity contribution is 0.357. The van der Waals surface area contributed by atoms with E-state index in [4.69, 9.17) is 9.15 Å². The van der Waals surface area contributed by atoms with Crippen LogP contribution < -0.4 is 10.1 Å². The molecular weight excluding hydrogens is 240 g/mol. The van der Waals surface area contributed by atoms with Gasteiger partial charge in [-0.25, -0.2) is 4.98 Å². The summed E-state index contributed by atoms with van der Waals surface area (Å²) in [6, 6.07) is 6.61. The van der Waals surface area contributed by atoms with E-state index < -0.39 is 0 Å². The van der Waals surface area contributed by atoms with Crippen LogP contribution in [0.25, 0.3) is 11.3 Å². The summed E-state index contributed by atoms with van der Waals surface area (Å²) in [6.45, 7) is 5.73. The van der Waals surface area contributed by atoms with Gasteiger partial charge in [0.15, 0.2) is 12.2 Å². The van der Waals surface area contributed by atoms with Crippen molar-refractivity contribution in [2.75, 3.05) is 6.61 Å². The highest BCUT2D eigenvalue weighted by Crippen LogP contribution is 2.31.